The second kappa shape index (κ2) is 8.30. The van der Waals surface area contributed by atoms with Crippen LogP contribution in [0.15, 0.2) is 10.9 Å². The van der Waals surface area contributed by atoms with E-state index in [2.05, 4.69) is 10.1 Å². The maximum atomic E-state index is 14.7. The van der Waals surface area contributed by atoms with E-state index in [1.807, 2.05) is 0 Å². The Kier molecular flexibility index (Phi) is 6.32. The van der Waals surface area contributed by atoms with E-state index >= 15 is 0 Å². The quantitative estimate of drug-likeness (QED) is 0.722. The predicted molar refractivity (Wildman–Crippen MR) is 93.5 cm³/mol. The summed E-state index contributed by atoms with van der Waals surface area (Å²) in [6.07, 6.45) is -0.776. The molecule has 9 nitrogen and oxygen atoms in total. The fourth-order valence-corrected chi connectivity index (χ4v) is 2.36. The first-order chi connectivity index (χ1) is 12.7. The van der Waals surface area contributed by atoms with Crippen molar-refractivity contribution in [1.29, 1.82) is 0 Å². The Hall–Kier alpha value is -2.75. The number of aliphatic hydroxyl groups is 1. The molecule has 2 rings (SSSR count). The van der Waals surface area contributed by atoms with Gasteiger partial charge in [0, 0.05) is 6.54 Å². The van der Waals surface area contributed by atoms with E-state index in [4.69, 9.17) is 9.47 Å². The van der Waals surface area contributed by atoms with Gasteiger partial charge in [0.05, 0.1) is 12.2 Å². The number of nitrogens with zero attached hydrogens (tertiary/aromatic N) is 4. The molecule has 0 fully saturated rings. The number of ether oxygens (including phenoxy) is 2. The minimum absolute atomic E-state index is 0.0679. The molecule has 0 amide bonds. The normalized spacial score (nSPS) is 11.3. The zero-order valence-electron chi connectivity index (χ0n) is 15.9. The van der Waals surface area contributed by atoms with Crippen LogP contribution in [0.3, 0.4) is 0 Å². The summed E-state index contributed by atoms with van der Waals surface area (Å²) in [5.41, 5.74) is -0.857. The molecule has 0 unspecified atom stereocenters. The molecule has 2 heterocycles. The number of pyridine rings is 1. The van der Waals surface area contributed by atoms with Crippen LogP contribution < -0.4 is 10.4 Å². The van der Waals surface area contributed by atoms with Crippen LogP contribution in [-0.2, 0) is 17.9 Å². The Morgan fingerprint density at radius 3 is 2.44 bits per heavy atom. The summed E-state index contributed by atoms with van der Waals surface area (Å²) in [4.78, 5) is 28.7. The van der Waals surface area contributed by atoms with Crippen molar-refractivity contribution in [2.75, 3.05) is 0 Å². The molecule has 0 saturated carbocycles. The van der Waals surface area contributed by atoms with Crippen molar-refractivity contribution in [3.05, 3.63) is 33.8 Å². The lowest BCUT2D eigenvalue weighted by Crippen LogP contribution is -2.26. The van der Waals surface area contributed by atoms with Crippen LogP contribution in [0.4, 0.5) is 4.39 Å². The van der Waals surface area contributed by atoms with Gasteiger partial charge in [-0.15, -0.1) is 5.10 Å². The summed E-state index contributed by atoms with van der Waals surface area (Å²) < 4.78 is 27.2. The first-order valence-corrected chi connectivity index (χ1v) is 8.57. The van der Waals surface area contributed by atoms with E-state index in [0.29, 0.717) is 0 Å². The summed E-state index contributed by atoms with van der Waals surface area (Å²) in [5.74, 6) is -2.28. The van der Waals surface area contributed by atoms with E-state index < -0.39 is 36.0 Å². The van der Waals surface area contributed by atoms with Gasteiger partial charge >= 0.3 is 11.7 Å². The molecule has 0 aliphatic rings. The Balaban J connectivity index is 2.64. The molecule has 0 atom stereocenters. The first-order valence-electron chi connectivity index (χ1n) is 8.57. The summed E-state index contributed by atoms with van der Waals surface area (Å²) >= 11 is 0. The van der Waals surface area contributed by atoms with Gasteiger partial charge in [0.2, 0.25) is 5.88 Å². The average Bonchev–Trinajstić information content (AvgIpc) is 2.90. The highest BCUT2D eigenvalue weighted by atomic mass is 19.1. The molecule has 0 saturated heterocycles. The molecule has 27 heavy (non-hydrogen) atoms. The molecule has 0 radical (unpaired) electrons. The monoisotopic (exact) mass is 382 g/mol. The number of aliphatic hydroxyl groups excluding tert-OH is 1. The molecule has 0 bridgehead atoms. The minimum atomic E-state index is -0.950. The van der Waals surface area contributed by atoms with Gasteiger partial charge in [0.25, 0.3) is 0 Å². The van der Waals surface area contributed by atoms with Crippen LogP contribution in [0.5, 0.6) is 5.88 Å². The Labute approximate surface area is 155 Å². The molecule has 1 N–H and O–H groups in total. The second-order valence-electron chi connectivity index (χ2n) is 6.28. The Morgan fingerprint density at radius 2 is 1.96 bits per heavy atom. The topological polar surface area (TPSA) is 108 Å². The molecule has 148 valence electrons. The van der Waals surface area contributed by atoms with E-state index in [-0.39, 0.29) is 29.9 Å². The summed E-state index contributed by atoms with van der Waals surface area (Å²) in [5, 5.41) is 13.3. The lowest BCUT2D eigenvalue weighted by Gasteiger charge is -2.15. The number of rotatable bonds is 7. The van der Waals surface area contributed by atoms with Gasteiger partial charge in [-0.3, -0.25) is 4.57 Å². The smallest absolute Gasteiger partial charge is 0.352 e. The lowest BCUT2D eigenvalue weighted by molar-refractivity contribution is 0.0370. The largest absolute Gasteiger partial charge is 0.474 e. The van der Waals surface area contributed by atoms with Crippen molar-refractivity contribution in [2.24, 2.45) is 0 Å². The van der Waals surface area contributed by atoms with Crippen LogP contribution in [0, 0.1) is 5.82 Å². The number of carbonyl (C=O) groups excluding carboxylic acids is 1. The third-order valence-electron chi connectivity index (χ3n) is 3.43. The van der Waals surface area contributed by atoms with E-state index in [0.717, 1.165) is 10.7 Å². The van der Waals surface area contributed by atoms with Gasteiger partial charge < -0.3 is 14.6 Å². The molecule has 10 heteroatoms. The second-order valence-corrected chi connectivity index (χ2v) is 6.28. The number of carbonyl (C=O) groups is 1. The van der Waals surface area contributed by atoms with Crippen molar-refractivity contribution in [1.82, 2.24) is 19.3 Å². The van der Waals surface area contributed by atoms with Gasteiger partial charge in [0.15, 0.2) is 17.5 Å². The summed E-state index contributed by atoms with van der Waals surface area (Å²) in [6.45, 7) is 8.18. The summed E-state index contributed by atoms with van der Waals surface area (Å²) in [7, 11) is 0. The number of hydrogen-bond acceptors (Lipinski definition) is 7. The van der Waals surface area contributed by atoms with Crippen LogP contribution >= 0.6 is 0 Å². The van der Waals surface area contributed by atoms with Gasteiger partial charge in [-0.2, -0.15) is 9.67 Å². The number of hydrogen-bond donors (Lipinski definition) is 1. The van der Waals surface area contributed by atoms with E-state index in [9.17, 15) is 19.1 Å². The Morgan fingerprint density at radius 1 is 1.30 bits per heavy atom. The van der Waals surface area contributed by atoms with Crippen LogP contribution in [-0.4, -0.2) is 42.6 Å². The number of aromatic nitrogens is 4. The van der Waals surface area contributed by atoms with Crippen molar-refractivity contribution >= 4 is 5.97 Å². The van der Waals surface area contributed by atoms with Crippen molar-refractivity contribution in [3.8, 4) is 11.7 Å². The van der Waals surface area contributed by atoms with Crippen LogP contribution in [0.1, 0.15) is 50.8 Å². The molecule has 2 aromatic rings. The van der Waals surface area contributed by atoms with E-state index in [1.54, 1.807) is 34.6 Å². The van der Waals surface area contributed by atoms with E-state index in [1.165, 1.54) is 4.57 Å². The maximum absolute atomic E-state index is 14.7. The zero-order valence-corrected chi connectivity index (χ0v) is 15.9. The third-order valence-corrected chi connectivity index (χ3v) is 3.43. The molecular formula is C17H23FN4O5. The highest BCUT2D eigenvalue weighted by Crippen LogP contribution is 2.23. The SMILES string of the molecule is CCn1c(CO)nn(-c2nc(OC(C)C)c(C(=O)OC(C)C)cc2F)c1=O. The number of halogens is 1. The lowest BCUT2D eigenvalue weighted by atomic mass is 10.2. The first kappa shape index (κ1) is 20.6. The van der Waals surface area contributed by atoms with Gasteiger partial charge in [-0.25, -0.2) is 14.0 Å². The Bertz CT molecular complexity index is 888. The summed E-state index contributed by atoms with van der Waals surface area (Å²) in [6, 6.07) is 0.904. The fraction of sp³-hybridized carbons (Fsp3) is 0.529. The standard InChI is InChI=1S/C17H23FN4O5/c1-6-21-13(8-23)20-22(17(21)25)14-12(18)7-11(16(24)27-10(4)5)15(19-14)26-9(2)3/h7,9-10,23H,6,8H2,1-5H3. The van der Waals surface area contributed by atoms with Crippen molar-refractivity contribution in [2.45, 2.75) is 60.0 Å². The highest BCUT2D eigenvalue weighted by Gasteiger charge is 2.25. The molecule has 0 spiro atoms. The zero-order chi connectivity index (χ0) is 20.3. The fourth-order valence-electron chi connectivity index (χ4n) is 2.36. The molecule has 0 aromatic carbocycles. The van der Waals surface area contributed by atoms with Gasteiger partial charge in [-0.05, 0) is 40.7 Å². The van der Waals surface area contributed by atoms with Crippen molar-refractivity contribution < 1.29 is 23.8 Å². The number of esters is 1. The maximum Gasteiger partial charge on any atom is 0.352 e. The molecular weight excluding hydrogens is 359 g/mol. The molecule has 0 aliphatic carbocycles. The highest BCUT2D eigenvalue weighted by molar-refractivity contribution is 5.92. The predicted octanol–water partition coefficient (Wildman–Crippen LogP) is 1.43. The van der Waals surface area contributed by atoms with Crippen LogP contribution in [0.2, 0.25) is 0 Å². The molecule has 2 aromatic heterocycles. The minimum Gasteiger partial charge on any atom is -0.474 e. The van der Waals surface area contributed by atoms with Gasteiger partial charge in [-0.1, -0.05) is 0 Å². The van der Waals surface area contributed by atoms with Gasteiger partial charge in [0.1, 0.15) is 12.2 Å². The van der Waals surface area contributed by atoms with Crippen molar-refractivity contribution in [3.63, 3.8) is 0 Å². The van der Waals surface area contributed by atoms with Crippen LogP contribution in [0.25, 0.3) is 5.82 Å². The average molecular weight is 382 g/mol. The molecule has 0 aliphatic heterocycles. The third kappa shape index (κ3) is 4.33.